The standard InChI is InChI=1S/C28H38N6O9S2/c1-5-44-28(45-6-2)18-9-7-11-33(18)27(39)17-13-20(42-4)21(14-19(17)34(40)41)43-12-8-10-23(35)30-22-16-32(3)25(31-22)26(38)29-15-24(36)37/h13-14,16,18,28H,5-12,15H2,1-4H3,(H,29,38)(H,30,35)(H,36,37)/t18-/m0/s1. The number of methoxy groups -OCH3 is 1. The van der Waals surface area contributed by atoms with E-state index in [0.29, 0.717) is 6.54 Å². The first-order valence-corrected chi connectivity index (χ1v) is 16.5. The van der Waals surface area contributed by atoms with E-state index in [0.717, 1.165) is 24.3 Å². The molecule has 3 rings (SSSR count). The van der Waals surface area contributed by atoms with Gasteiger partial charge in [-0.1, -0.05) is 13.8 Å². The third kappa shape index (κ3) is 9.50. The molecule has 1 aromatic heterocycles. The number of nitro benzene ring substituents is 1. The molecule has 3 amide bonds. The van der Waals surface area contributed by atoms with Crippen LogP contribution in [-0.2, 0) is 16.6 Å². The van der Waals surface area contributed by atoms with Crippen molar-refractivity contribution >= 4 is 58.7 Å². The average Bonchev–Trinajstić information content (AvgIpc) is 3.63. The number of aromatic nitrogens is 2. The lowest BCUT2D eigenvalue weighted by Gasteiger charge is -2.31. The normalized spacial score (nSPS) is 14.3. The number of carboxylic acids is 1. The van der Waals surface area contributed by atoms with Crippen LogP contribution in [0.1, 0.15) is 60.5 Å². The number of rotatable bonds is 17. The Labute approximate surface area is 268 Å². The first-order chi connectivity index (χ1) is 21.5. The van der Waals surface area contributed by atoms with Crippen LogP contribution in [-0.4, -0.2) is 97.1 Å². The van der Waals surface area contributed by atoms with Crippen molar-refractivity contribution in [1.29, 1.82) is 0 Å². The molecule has 0 bridgehead atoms. The van der Waals surface area contributed by atoms with E-state index < -0.39 is 35.2 Å². The van der Waals surface area contributed by atoms with Crippen LogP contribution in [0, 0.1) is 10.1 Å². The molecule has 0 spiro atoms. The number of hydrogen-bond donors (Lipinski definition) is 3. The zero-order valence-electron chi connectivity index (χ0n) is 25.6. The number of imidazole rings is 1. The first-order valence-electron chi connectivity index (χ1n) is 14.4. The van der Waals surface area contributed by atoms with Gasteiger partial charge in [-0.15, -0.1) is 23.5 Å². The van der Waals surface area contributed by atoms with E-state index in [1.807, 2.05) is 0 Å². The van der Waals surface area contributed by atoms with Crippen molar-refractivity contribution in [2.75, 3.05) is 43.6 Å². The number of hydrogen-bond acceptors (Lipinski definition) is 11. The first kappa shape index (κ1) is 35.5. The Bertz CT molecular complexity index is 1400. The fourth-order valence-corrected chi connectivity index (χ4v) is 7.69. The lowest BCUT2D eigenvalue weighted by Crippen LogP contribution is -2.41. The van der Waals surface area contributed by atoms with Gasteiger partial charge in [-0.3, -0.25) is 29.3 Å². The SMILES string of the molecule is CCSC(SCC)[C@@H]1CCCN1C(=O)c1cc(OC)c(OCCCC(=O)Nc2cn(C)c(C(=O)NCC(=O)O)n2)cc1[N+](=O)[O-]. The van der Waals surface area contributed by atoms with E-state index in [1.54, 1.807) is 28.4 Å². The van der Waals surface area contributed by atoms with Crippen LogP contribution in [0.4, 0.5) is 11.5 Å². The number of aryl methyl sites for hydroxylation is 1. The molecule has 1 aliphatic rings. The molecule has 246 valence electrons. The van der Waals surface area contributed by atoms with Crippen LogP contribution in [0.25, 0.3) is 0 Å². The number of carbonyl (C=O) groups is 4. The molecule has 1 aliphatic heterocycles. The van der Waals surface area contributed by atoms with Crippen molar-refractivity contribution in [3.8, 4) is 11.5 Å². The number of nitro groups is 1. The van der Waals surface area contributed by atoms with Crippen molar-refractivity contribution in [3.05, 3.63) is 39.8 Å². The average molecular weight is 667 g/mol. The maximum Gasteiger partial charge on any atom is 0.322 e. The molecule has 0 saturated carbocycles. The zero-order chi connectivity index (χ0) is 33.1. The Morgan fingerprint density at radius 3 is 2.53 bits per heavy atom. The van der Waals surface area contributed by atoms with Crippen LogP contribution >= 0.6 is 23.5 Å². The quantitative estimate of drug-likeness (QED) is 0.0965. The minimum absolute atomic E-state index is 0.00115. The van der Waals surface area contributed by atoms with E-state index in [1.165, 1.54) is 37.1 Å². The number of thioether (sulfide) groups is 2. The maximum absolute atomic E-state index is 13.7. The number of carbonyl (C=O) groups excluding carboxylic acids is 3. The molecule has 1 aromatic carbocycles. The van der Waals surface area contributed by atoms with Crippen molar-refractivity contribution < 1.29 is 38.7 Å². The summed E-state index contributed by atoms with van der Waals surface area (Å²) in [6, 6.07) is 2.49. The molecule has 45 heavy (non-hydrogen) atoms. The highest BCUT2D eigenvalue weighted by Crippen LogP contribution is 2.39. The van der Waals surface area contributed by atoms with Gasteiger partial charge in [0.25, 0.3) is 17.5 Å². The Morgan fingerprint density at radius 2 is 1.91 bits per heavy atom. The predicted molar refractivity (Wildman–Crippen MR) is 170 cm³/mol. The van der Waals surface area contributed by atoms with E-state index in [-0.39, 0.29) is 64.5 Å². The summed E-state index contributed by atoms with van der Waals surface area (Å²) in [6.45, 7) is 4.10. The largest absolute Gasteiger partial charge is 0.493 e. The molecule has 2 heterocycles. The van der Waals surface area contributed by atoms with Gasteiger partial charge in [0.1, 0.15) is 12.1 Å². The molecule has 1 atom stereocenters. The summed E-state index contributed by atoms with van der Waals surface area (Å²) in [5.74, 6) is -0.694. The van der Waals surface area contributed by atoms with E-state index in [9.17, 15) is 29.3 Å². The lowest BCUT2D eigenvalue weighted by atomic mass is 10.1. The van der Waals surface area contributed by atoms with Crippen LogP contribution < -0.4 is 20.1 Å². The van der Waals surface area contributed by atoms with Crippen molar-refractivity contribution in [1.82, 2.24) is 19.8 Å². The summed E-state index contributed by atoms with van der Waals surface area (Å²) in [4.78, 5) is 66.1. The Hall–Kier alpha value is -3.99. The van der Waals surface area contributed by atoms with Crippen molar-refractivity contribution in [2.45, 2.75) is 50.2 Å². The van der Waals surface area contributed by atoms with Crippen molar-refractivity contribution in [3.63, 3.8) is 0 Å². The van der Waals surface area contributed by atoms with Gasteiger partial charge < -0.3 is 34.7 Å². The molecule has 0 radical (unpaired) electrons. The van der Waals surface area contributed by atoms with Crippen LogP contribution in [0.3, 0.4) is 0 Å². The summed E-state index contributed by atoms with van der Waals surface area (Å²) in [6.07, 6.45) is 3.29. The molecule has 0 unspecified atom stereocenters. The van der Waals surface area contributed by atoms with Gasteiger partial charge in [-0.05, 0) is 30.8 Å². The summed E-state index contributed by atoms with van der Waals surface area (Å²) in [5, 5.41) is 25.5. The van der Waals surface area contributed by atoms with Crippen LogP contribution in [0.15, 0.2) is 18.3 Å². The summed E-state index contributed by atoms with van der Waals surface area (Å²) >= 11 is 3.56. The van der Waals surface area contributed by atoms with Gasteiger partial charge in [-0.25, -0.2) is 4.98 Å². The highest BCUT2D eigenvalue weighted by Gasteiger charge is 2.38. The number of benzene rings is 1. The van der Waals surface area contributed by atoms with Crippen molar-refractivity contribution in [2.24, 2.45) is 7.05 Å². The zero-order valence-corrected chi connectivity index (χ0v) is 27.2. The van der Waals surface area contributed by atoms with Gasteiger partial charge >= 0.3 is 5.97 Å². The van der Waals surface area contributed by atoms with Crippen LogP contribution in [0.2, 0.25) is 0 Å². The molecular formula is C28H38N6O9S2. The molecular weight excluding hydrogens is 628 g/mol. The number of likely N-dealkylation sites (tertiary alicyclic amines) is 1. The van der Waals surface area contributed by atoms with E-state index >= 15 is 0 Å². The minimum atomic E-state index is -1.21. The van der Waals surface area contributed by atoms with E-state index in [2.05, 4.69) is 29.5 Å². The number of nitrogens with zero attached hydrogens (tertiary/aromatic N) is 4. The summed E-state index contributed by atoms with van der Waals surface area (Å²) in [7, 11) is 2.90. The lowest BCUT2D eigenvalue weighted by molar-refractivity contribution is -0.385. The number of carboxylic acid groups (broad SMARTS) is 1. The topological polar surface area (TPSA) is 195 Å². The number of nitrogens with one attached hydrogen (secondary N) is 2. The number of aliphatic carboxylic acids is 1. The van der Waals surface area contributed by atoms with Gasteiger partial charge in [0.05, 0.1) is 35.3 Å². The Morgan fingerprint density at radius 1 is 1.20 bits per heavy atom. The second-order valence-corrected chi connectivity index (χ2v) is 13.0. The summed E-state index contributed by atoms with van der Waals surface area (Å²) < 4.78 is 12.7. The molecule has 2 aromatic rings. The maximum atomic E-state index is 13.7. The second-order valence-electron chi connectivity index (χ2n) is 9.90. The smallest absolute Gasteiger partial charge is 0.322 e. The van der Waals surface area contributed by atoms with E-state index in [4.69, 9.17) is 14.6 Å². The van der Waals surface area contributed by atoms with Crippen LogP contribution in [0.5, 0.6) is 11.5 Å². The predicted octanol–water partition coefficient (Wildman–Crippen LogP) is 3.39. The fraction of sp³-hybridized carbons (Fsp3) is 0.536. The number of anilines is 1. The van der Waals surface area contributed by atoms with Gasteiger partial charge in [-0.2, -0.15) is 0 Å². The highest BCUT2D eigenvalue weighted by atomic mass is 32.2. The Kier molecular flexibility index (Phi) is 13.3. The molecule has 0 aliphatic carbocycles. The summed E-state index contributed by atoms with van der Waals surface area (Å²) in [5.41, 5.74) is -0.455. The highest BCUT2D eigenvalue weighted by molar-refractivity contribution is 8.17. The monoisotopic (exact) mass is 666 g/mol. The van der Waals surface area contributed by atoms with Gasteiger partial charge in [0, 0.05) is 32.3 Å². The fourth-order valence-electron chi connectivity index (χ4n) is 4.82. The Balaban J connectivity index is 1.64. The molecule has 1 saturated heterocycles. The molecule has 1 fully saturated rings. The number of ether oxygens (including phenoxy) is 2. The minimum Gasteiger partial charge on any atom is -0.493 e. The number of amides is 3. The molecule has 17 heteroatoms. The third-order valence-electron chi connectivity index (χ3n) is 6.80. The third-order valence-corrected chi connectivity index (χ3v) is 9.57. The molecule has 15 nitrogen and oxygen atoms in total. The molecule has 3 N–H and O–H groups in total. The van der Waals surface area contributed by atoms with Gasteiger partial charge in [0.2, 0.25) is 11.7 Å². The van der Waals surface area contributed by atoms with Gasteiger partial charge in [0.15, 0.2) is 17.3 Å². The second kappa shape index (κ2) is 16.9.